The van der Waals surface area contributed by atoms with Gasteiger partial charge in [0.05, 0.1) is 5.70 Å². The van der Waals surface area contributed by atoms with Crippen molar-refractivity contribution >= 4 is 23.5 Å². The topological polar surface area (TPSA) is 113 Å². The fourth-order valence-electron chi connectivity index (χ4n) is 5.21. The predicted molar refractivity (Wildman–Crippen MR) is 126 cm³/mol. The van der Waals surface area contributed by atoms with E-state index in [9.17, 15) is 4.79 Å². The number of H-pyrrole nitrogens is 1. The molecular formula is C23H33N9O. The number of hydrogen-bond donors (Lipinski definition) is 4. The van der Waals surface area contributed by atoms with E-state index in [1.54, 1.807) is 0 Å². The zero-order valence-corrected chi connectivity index (χ0v) is 19.2. The summed E-state index contributed by atoms with van der Waals surface area (Å²) in [6, 6.07) is 2.04. The summed E-state index contributed by atoms with van der Waals surface area (Å²) in [5.41, 5.74) is 5.78. The van der Waals surface area contributed by atoms with Crippen LogP contribution < -0.4 is 16.1 Å². The summed E-state index contributed by atoms with van der Waals surface area (Å²) >= 11 is 0. The number of piperidine rings is 1. The van der Waals surface area contributed by atoms with Crippen LogP contribution in [0.4, 0.5) is 5.82 Å². The highest BCUT2D eigenvalue weighted by molar-refractivity contribution is 6.09. The molecule has 1 amide bonds. The molecule has 10 heteroatoms. The SMILES string of the molecule is CC1(c2cc(N=C3N=C(N4CCC[C@H]4C(=O)N[C@@H]4CCCNC4)NN4CCC=C34)n[nH]2)CC1. The smallest absolute Gasteiger partial charge is 0.243 e. The highest BCUT2D eigenvalue weighted by Gasteiger charge is 2.41. The lowest BCUT2D eigenvalue weighted by molar-refractivity contribution is -0.125. The van der Waals surface area contributed by atoms with Gasteiger partial charge in [0.25, 0.3) is 0 Å². The van der Waals surface area contributed by atoms with E-state index in [1.165, 1.54) is 12.8 Å². The van der Waals surface area contributed by atoms with E-state index in [0.717, 1.165) is 69.7 Å². The van der Waals surface area contributed by atoms with Crippen molar-refractivity contribution in [2.24, 2.45) is 9.98 Å². The second kappa shape index (κ2) is 8.16. The molecule has 4 aliphatic heterocycles. The summed E-state index contributed by atoms with van der Waals surface area (Å²) in [4.78, 5) is 24.9. The van der Waals surface area contributed by atoms with Gasteiger partial charge in [-0.1, -0.05) is 13.0 Å². The van der Waals surface area contributed by atoms with Crippen LogP contribution in [0.3, 0.4) is 0 Å². The molecule has 33 heavy (non-hydrogen) atoms. The first-order valence-corrected chi connectivity index (χ1v) is 12.3. The second-order valence-corrected chi connectivity index (χ2v) is 10.1. The Morgan fingerprint density at radius 2 is 2.18 bits per heavy atom. The molecule has 176 valence electrons. The highest BCUT2D eigenvalue weighted by atomic mass is 16.2. The number of carbonyl (C=O) groups is 1. The Morgan fingerprint density at radius 1 is 1.27 bits per heavy atom. The Bertz CT molecular complexity index is 1010. The first-order chi connectivity index (χ1) is 16.1. The number of amides is 1. The van der Waals surface area contributed by atoms with Crippen molar-refractivity contribution in [3.05, 3.63) is 23.5 Å². The molecule has 1 aromatic rings. The number of aromatic nitrogens is 2. The van der Waals surface area contributed by atoms with Gasteiger partial charge in [-0.25, -0.2) is 4.99 Å². The largest absolute Gasteiger partial charge is 0.350 e. The maximum Gasteiger partial charge on any atom is 0.243 e. The maximum absolute atomic E-state index is 13.1. The van der Waals surface area contributed by atoms with Crippen LogP contribution in [0.25, 0.3) is 0 Å². The number of likely N-dealkylation sites (tertiary alicyclic amines) is 1. The van der Waals surface area contributed by atoms with Crippen molar-refractivity contribution < 1.29 is 4.79 Å². The molecular weight excluding hydrogens is 418 g/mol. The van der Waals surface area contributed by atoms with Crippen LogP contribution in [-0.2, 0) is 10.2 Å². The highest BCUT2D eigenvalue weighted by Crippen LogP contribution is 2.47. The van der Waals surface area contributed by atoms with Crippen LogP contribution in [0.5, 0.6) is 0 Å². The van der Waals surface area contributed by atoms with Crippen molar-refractivity contribution in [3.63, 3.8) is 0 Å². The van der Waals surface area contributed by atoms with Gasteiger partial charge in [0.2, 0.25) is 11.9 Å². The summed E-state index contributed by atoms with van der Waals surface area (Å²) in [6.07, 6.45) is 9.41. The molecule has 0 unspecified atom stereocenters. The van der Waals surface area contributed by atoms with Gasteiger partial charge < -0.3 is 15.5 Å². The van der Waals surface area contributed by atoms with Crippen molar-refractivity contribution in [2.75, 3.05) is 26.2 Å². The Balaban J connectivity index is 1.24. The number of guanidine groups is 1. The number of nitrogens with zero attached hydrogens (tertiary/aromatic N) is 5. The second-order valence-electron chi connectivity index (χ2n) is 10.1. The molecule has 1 aliphatic carbocycles. The minimum Gasteiger partial charge on any atom is -0.350 e. The molecule has 6 rings (SSSR count). The molecule has 0 aromatic carbocycles. The fourth-order valence-corrected chi connectivity index (χ4v) is 5.21. The molecule has 5 heterocycles. The van der Waals surface area contributed by atoms with E-state index in [-0.39, 0.29) is 23.4 Å². The third-order valence-corrected chi connectivity index (χ3v) is 7.56. The normalized spacial score (nSPS) is 29.4. The molecule has 1 saturated carbocycles. The number of fused-ring (bicyclic) bond motifs is 1. The summed E-state index contributed by atoms with van der Waals surface area (Å²) in [6.45, 7) is 5.79. The zero-order chi connectivity index (χ0) is 22.4. The third kappa shape index (κ3) is 4.01. The Hall–Kier alpha value is -2.88. The number of aromatic amines is 1. The standard InChI is InChI=1S/C23H33N9O/c1-23(8-9-23)18-13-19(29-28-18)26-20-16-6-4-12-32(16)30-22(27-20)31-11-3-7-17(31)21(33)25-15-5-2-10-24-14-15/h6,13,15,17,24H,2-5,7-12,14H2,1H3,(H,25,33)(H2,26,27,28,29,30)/t15-,17+/m1/s1. The first-order valence-electron chi connectivity index (χ1n) is 12.3. The van der Waals surface area contributed by atoms with E-state index < -0.39 is 0 Å². The van der Waals surface area contributed by atoms with Crippen molar-refractivity contribution in [1.82, 2.24) is 36.2 Å². The molecule has 1 aromatic heterocycles. The quantitative estimate of drug-likeness (QED) is 0.549. The van der Waals surface area contributed by atoms with Crippen LogP contribution in [0.1, 0.15) is 57.6 Å². The minimum atomic E-state index is -0.209. The number of aliphatic imine (C=N–C) groups is 2. The molecule has 5 aliphatic rings. The Morgan fingerprint density at radius 3 is 3.00 bits per heavy atom. The summed E-state index contributed by atoms with van der Waals surface area (Å²) in [5.74, 6) is 2.12. The van der Waals surface area contributed by atoms with E-state index >= 15 is 0 Å². The zero-order valence-electron chi connectivity index (χ0n) is 19.2. The molecule has 3 fully saturated rings. The van der Waals surface area contributed by atoms with E-state index in [0.29, 0.717) is 17.6 Å². The van der Waals surface area contributed by atoms with Crippen molar-refractivity contribution in [1.29, 1.82) is 0 Å². The van der Waals surface area contributed by atoms with Crippen LogP contribution in [0, 0.1) is 0 Å². The molecule has 10 nitrogen and oxygen atoms in total. The van der Waals surface area contributed by atoms with Gasteiger partial charge >= 0.3 is 0 Å². The van der Waals surface area contributed by atoms with Crippen molar-refractivity contribution in [2.45, 2.75) is 69.4 Å². The van der Waals surface area contributed by atoms with Crippen LogP contribution in [0.15, 0.2) is 27.8 Å². The molecule has 0 bridgehead atoms. The lowest BCUT2D eigenvalue weighted by Gasteiger charge is -2.36. The van der Waals surface area contributed by atoms with Gasteiger partial charge in [-0.2, -0.15) is 10.1 Å². The van der Waals surface area contributed by atoms with E-state index in [4.69, 9.17) is 9.98 Å². The number of nitrogens with one attached hydrogen (secondary N) is 4. The van der Waals surface area contributed by atoms with Gasteiger partial charge in [-0.3, -0.25) is 20.3 Å². The van der Waals surface area contributed by atoms with Crippen molar-refractivity contribution in [3.8, 4) is 0 Å². The minimum absolute atomic E-state index is 0.0987. The summed E-state index contributed by atoms with van der Waals surface area (Å²) < 4.78 is 0. The average Bonchev–Trinajstić information content (AvgIpc) is 3.28. The van der Waals surface area contributed by atoms with Gasteiger partial charge in [0, 0.05) is 42.9 Å². The maximum atomic E-state index is 13.1. The monoisotopic (exact) mass is 451 g/mol. The third-order valence-electron chi connectivity index (χ3n) is 7.56. The van der Waals surface area contributed by atoms with Crippen LogP contribution >= 0.6 is 0 Å². The number of amidine groups is 1. The molecule has 0 spiro atoms. The predicted octanol–water partition coefficient (Wildman–Crippen LogP) is 1.29. The fraction of sp³-hybridized carbons (Fsp3) is 0.652. The lowest BCUT2D eigenvalue weighted by atomic mass is 10.1. The molecule has 0 radical (unpaired) electrons. The van der Waals surface area contributed by atoms with Gasteiger partial charge in [0.1, 0.15) is 6.04 Å². The molecule has 4 N–H and O–H groups in total. The number of carbonyl (C=O) groups excluding carboxylic acids is 1. The van der Waals surface area contributed by atoms with Crippen LogP contribution in [0.2, 0.25) is 0 Å². The average molecular weight is 452 g/mol. The van der Waals surface area contributed by atoms with Gasteiger partial charge in [0.15, 0.2) is 11.7 Å². The number of rotatable bonds is 4. The molecule has 2 atom stereocenters. The summed E-state index contributed by atoms with van der Waals surface area (Å²) in [5, 5.41) is 16.3. The van der Waals surface area contributed by atoms with E-state index in [2.05, 4.69) is 49.2 Å². The first kappa shape index (κ1) is 20.7. The van der Waals surface area contributed by atoms with E-state index in [1.807, 2.05) is 6.07 Å². The Labute approximate surface area is 194 Å². The van der Waals surface area contributed by atoms with Gasteiger partial charge in [-0.15, -0.1) is 0 Å². The Kier molecular flexibility index (Phi) is 5.12. The molecule has 2 saturated heterocycles. The number of hydrogen-bond acceptors (Lipinski definition) is 7. The summed E-state index contributed by atoms with van der Waals surface area (Å²) in [7, 11) is 0. The van der Waals surface area contributed by atoms with Gasteiger partial charge in [-0.05, 0) is 51.5 Å². The number of hydrazine groups is 1. The van der Waals surface area contributed by atoms with Crippen LogP contribution in [-0.4, -0.2) is 76.1 Å². The lowest BCUT2D eigenvalue weighted by Crippen LogP contribution is -2.58.